The number of rotatable bonds is 3. The molecule has 7 heteroatoms. The highest BCUT2D eigenvalue weighted by molar-refractivity contribution is 6.35. The molecule has 0 spiro atoms. The number of amidine groups is 1. The van der Waals surface area contributed by atoms with Crippen LogP contribution in [0.1, 0.15) is 5.56 Å². The van der Waals surface area contributed by atoms with Crippen LogP contribution in [0.15, 0.2) is 42.7 Å². The van der Waals surface area contributed by atoms with Gasteiger partial charge in [-0.2, -0.15) is 5.10 Å². The summed E-state index contributed by atoms with van der Waals surface area (Å²) >= 11 is 6.14. The van der Waals surface area contributed by atoms with E-state index >= 15 is 0 Å². The summed E-state index contributed by atoms with van der Waals surface area (Å²) in [6.07, 6.45) is 3.09. The fourth-order valence-electron chi connectivity index (χ4n) is 1.90. The van der Waals surface area contributed by atoms with Gasteiger partial charge in [-0.25, -0.2) is 0 Å². The molecule has 3 N–H and O–H groups in total. The lowest BCUT2D eigenvalue weighted by Crippen LogP contribution is -2.13. The van der Waals surface area contributed by atoms with Crippen LogP contribution in [0, 0.1) is 5.41 Å². The second-order valence-electron chi connectivity index (χ2n) is 4.21. The Kier molecular flexibility index (Phi) is 3.37. The fraction of sp³-hybridized carbons (Fsp3) is 0. The van der Waals surface area contributed by atoms with Gasteiger partial charge in [-0.1, -0.05) is 11.6 Å². The Balaban J connectivity index is 2.11. The second kappa shape index (κ2) is 5.34. The van der Waals surface area contributed by atoms with Crippen molar-refractivity contribution in [2.24, 2.45) is 5.73 Å². The maximum absolute atomic E-state index is 7.53. The molecule has 0 fully saturated rings. The van der Waals surface area contributed by atoms with Crippen LogP contribution >= 0.6 is 11.6 Å². The molecule has 0 atom stereocenters. The summed E-state index contributed by atoms with van der Waals surface area (Å²) in [7, 11) is 0. The Morgan fingerprint density at radius 1 is 1.19 bits per heavy atom. The largest absolute Gasteiger partial charge is 0.435 e. The molecule has 0 radical (unpaired) electrons. The third-order valence-corrected chi connectivity index (χ3v) is 3.19. The SMILES string of the molecule is N=C(N)c1ccnnc1Oc1ccc(Cl)c2cccnc12. The summed E-state index contributed by atoms with van der Waals surface area (Å²) < 4.78 is 5.72. The number of benzene rings is 1. The van der Waals surface area contributed by atoms with Crippen LogP contribution < -0.4 is 10.5 Å². The molecule has 0 unspecified atom stereocenters. The second-order valence-corrected chi connectivity index (χ2v) is 4.62. The first kappa shape index (κ1) is 13.3. The molecule has 0 saturated heterocycles. The van der Waals surface area contributed by atoms with Gasteiger partial charge in [0, 0.05) is 11.6 Å². The topological polar surface area (TPSA) is 97.8 Å². The normalized spacial score (nSPS) is 10.5. The molecule has 2 heterocycles. The average molecular weight is 300 g/mol. The zero-order valence-corrected chi connectivity index (χ0v) is 11.5. The molecule has 0 aliphatic carbocycles. The highest BCUT2D eigenvalue weighted by Crippen LogP contribution is 2.32. The third-order valence-electron chi connectivity index (χ3n) is 2.86. The summed E-state index contributed by atoms with van der Waals surface area (Å²) in [4.78, 5) is 4.27. The van der Waals surface area contributed by atoms with E-state index in [2.05, 4.69) is 15.2 Å². The number of nitrogen functional groups attached to an aromatic ring is 1. The van der Waals surface area contributed by atoms with Crippen molar-refractivity contribution in [2.75, 3.05) is 0 Å². The fourth-order valence-corrected chi connectivity index (χ4v) is 2.11. The predicted molar refractivity (Wildman–Crippen MR) is 79.9 cm³/mol. The number of nitrogens with zero attached hydrogens (tertiary/aromatic N) is 3. The van der Waals surface area contributed by atoms with Crippen molar-refractivity contribution in [1.29, 1.82) is 5.41 Å². The van der Waals surface area contributed by atoms with E-state index in [0.717, 1.165) is 5.39 Å². The number of nitrogens with one attached hydrogen (secondary N) is 1. The summed E-state index contributed by atoms with van der Waals surface area (Å²) in [6.45, 7) is 0. The minimum atomic E-state index is -0.147. The van der Waals surface area contributed by atoms with Crippen molar-refractivity contribution in [3.63, 3.8) is 0 Å². The van der Waals surface area contributed by atoms with Gasteiger partial charge in [0.05, 0.1) is 16.8 Å². The molecule has 0 saturated carbocycles. The van der Waals surface area contributed by atoms with Crippen LogP contribution in [-0.4, -0.2) is 21.0 Å². The summed E-state index contributed by atoms with van der Waals surface area (Å²) in [5.74, 6) is 0.475. The summed E-state index contributed by atoms with van der Waals surface area (Å²) in [5, 5.41) is 16.5. The maximum Gasteiger partial charge on any atom is 0.250 e. The lowest BCUT2D eigenvalue weighted by Gasteiger charge is -2.10. The number of aromatic nitrogens is 3. The van der Waals surface area contributed by atoms with Gasteiger partial charge in [-0.15, -0.1) is 5.10 Å². The van der Waals surface area contributed by atoms with Gasteiger partial charge in [0.2, 0.25) is 5.88 Å². The number of pyridine rings is 1. The van der Waals surface area contributed by atoms with Crippen molar-refractivity contribution in [3.05, 3.63) is 53.3 Å². The molecule has 0 bridgehead atoms. The van der Waals surface area contributed by atoms with E-state index in [0.29, 0.717) is 21.9 Å². The van der Waals surface area contributed by atoms with Crippen LogP contribution in [0.5, 0.6) is 11.6 Å². The maximum atomic E-state index is 7.53. The van der Waals surface area contributed by atoms with Gasteiger partial charge in [-0.05, 0) is 30.3 Å². The smallest absolute Gasteiger partial charge is 0.250 e. The minimum absolute atomic E-state index is 0.147. The van der Waals surface area contributed by atoms with E-state index in [1.165, 1.54) is 6.20 Å². The van der Waals surface area contributed by atoms with Crippen molar-refractivity contribution in [3.8, 4) is 11.6 Å². The van der Waals surface area contributed by atoms with Crippen LogP contribution in [0.4, 0.5) is 0 Å². The molecule has 1 aromatic carbocycles. The number of halogens is 1. The Morgan fingerprint density at radius 2 is 2.05 bits per heavy atom. The first-order valence-corrected chi connectivity index (χ1v) is 6.42. The van der Waals surface area contributed by atoms with Crippen LogP contribution in [0.25, 0.3) is 10.9 Å². The van der Waals surface area contributed by atoms with Crippen LogP contribution in [0.2, 0.25) is 5.02 Å². The number of ether oxygens (including phenoxy) is 1. The summed E-state index contributed by atoms with van der Waals surface area (Å²) in [5.41, 5.74) is 6.47. The molecule has 3 rings (SSSR count). The Bertz CT molecular complexity index is 836. The highest BCUT2D eigenvalue weighted by atomic mass is 35.5. The van der Waals surface area contributed by atoms with Gasteiger partial charge in [0.25, 0.3) is 0 Å². The monoisotopic (exact) mass is 299 g/mol. The molecule has 0 aliphatic rings. The lowest BCUT2D eigenvalue weighted by atomic mass is 10.2. The standard InChI is InChI=1S/C14H10ClN5O/c15-10-3-4-11(12-8(10)2-1-6-18-12)21-14-9(13(16)17)5-7-19-20-14/h1-7H,(H3,16,17). The van der Waals surface area contributed by atoms with E-state index in [1.807, 2.05) is 6.07 Å². The molecular weight excluding hydrogens is 290 g/mol. The average Bonchev–Trinajstić information content (AvgIpc) is 2.51. The number of fused-ring (bicyclic) bond motifs is 1. The van der Waals surface area contributed by atoms with Crippen molar-refractivity contribution < 1.29 is 4.74 Å². The van der Waals surface area contributed by atoms with Crippen LogP contribution in [0.3, 0.4) is 0 Å². The van der Waals surface area contributed by atoms with Crippen molar-refractivity contribution in [1.82, 2.24) is 15.2 Å². The van der Waals surface area contributed by atoms with Crippen LogP contribution in [-0.2, 0) is 0 Å². The quantitative estimate of drug-likeness (QED) is 0.572. The van der Waals surface area contributed by atoms with Gasteiger partial charge >= 0.3 is 0 Å². The molecular formula is C14H10ClN5O. The van der Waals surface area contributed by atoms with Gasteiger partial charge in [-0.3, -0.25) is 10.4 Å². The number of hydrogen-bond donors (Lipinski definition) is 2. The zero-order chi connectivity index (χ0) is 14.8. The molecule has 0 amide bonds. The van der Waals surface area contributed by atoms with E-state index < -0.39 is 0 Å². The molecule has 6 nitrogen and oxygen atoms in total. The summed E-state index contributed by atoms with van der Waals surface area (Å²) in [6, 6.07) is 8.61. The first-order chi connectivity index (χ1) is 10.2. The third kappa shape index (κ3) is 2.48. The van der Waals surface area contributed by atoms with Gasteiger partial charge < -0.3 is 10.5 Å². The Hall–Kier alpha value is -2.73. The number of nitrogens with two attached hydrogens (primary N) is 1. The molecule has 3 aromatic rings. The molecule has 104 valence electrons. The van der Waals surface area contributed by atoms with Crippen molar-refractivity contribution >= 4 is 28.3 Å². The molecule has 0 aliphatic heterocycles. The predicted octanol–water partition coefficient (Wildman–Crippen LogP) is 2.75. The van der Waals surface area contributed by atoms with Gasteiger partial charge in [0.15, 0.2) is 5.75 Å². The zero-order valence-electron chi connectivity index (χ0n) is 10.7. The molecule has 21 heavy (non-hydrogen) atoms. The highest BCUT2D eigenvalue weighted by Gasteiger charge is 2.13. The first-order valence-electron chi connectivity index (χ1n) is 6.04. The lowest BCUT2D eigenvalue weighted by molar-refractivity contribution is 0.458. The van der Waals surface area contributed by atoms with E-state index in [4.69, 9.17) is 27.5 Å². The Morgan fingerprint density at radius 3 is 2.86 bits per heavy atom. The van der Waals surface area contributed by atoms with Crippen molar-refractivity contribution in [2.45, 2.75) is 0 Å². The van der Waals surface area contributed by atoms with E-state index in [9.17, 15) is 0 Å². The van der Waals surface area contributed by atoms with Gasteiger partial charge in [0.1, 0.15) is 11.4 Å². The van der Waals surface area contributed by atoms with E-state index in [1.54, 1.807) is 30.5 Å². The minimum Gasteiger partial charge on any atom is -0.435 e. The number of hydrogen-bond acceptors (Lipinski definition) is 5. The Labute approximate surface area is 125 Å². The molecule has 2 aromatic heterocycles. The van der Waals surface area contributed by atoms with E-state index in [-0.39, 0.29) is 11.7 Å².